The third-order valence-corrected chi connectivity index (χ3v) is 5.48. The fourth-order valence-electron chi connectivity index (χ4n) is 3.87. The van der Waals surface area contributed by atoms with E-state index in [9.17, 15) is 9.59 Å². The number of amides is 1. The number of fused-ring (bicyclic) bond motifs is 1. The van der Waals surface area contributed by atoms with Gasteiger partial charge in [-0.05, 0) is 56.3 Å². The summed E-state index contributed by atoms with van der Waals surface area (Å²) in [7, 11) is 0. The number of rotatable bonds is 7. The Morgan fingerprint density at radius 3 is 2.41 bits per heavy atom. The Morgan fingerprint density at radius 2 is 1.74 bits per heavy atom. The maximum absolute atomic E-state index is 13.1. The maximum Gasteiger partial charge on any atom is 0.338 e. The summed E-state index contributed by atoms with van der Waals surface area (Å²) < 4.78 is 7.52. The van der Waals surface area contributed by atoms with E-state index in [-0.39, 0.29) is 18.9 Å². The Balaban J connectivity index is 1.54. The quantitative estimate of drug-likeness (QED) is 0.375. The van der Waals surface area contributed by atoms with Gasteiger partial charge in [0.15, 0.2) is 6.10 Å². The molecule has 7 heteroatoms. The summed E-state index contributed by atoms with van der Waals surface area (Å²) >= 11 is 0. The van der Waals surface area contributed by atoms with Crippen LogP contribution in [0.2, 0.25) is 0 Å². The van der Waals surface area contributed by atoms with Crippen molar-refractivity contribution in [3.8, 4) is 11.8 Å². The first-order valence-electron chi connectivity index (χ1n) is 11.0. The minimum atomic E-state index is -1.02. The van der Waals surface area contributed by atoms with Crippen molar-refractivity contribution in [3.05, 3.63) is 90.3 Å². The normalized spacial score (nSPS) is 11.6. The highest BCUT2D eigenvalue weighted by molar-refractivity contribution is 6.00. The van der Waals surface area contributed by atoms with Crippen LogP contribution in [0.15, 0.2) is 78.9 Å². The Labute approximate surface area is 197 Å². The van der Waals surface area contributed by atoms with Gasteiger partial charge < -0.3 is 9.64 Å². The molecule has 0 aliphatic carbocycles. The zero-order valence-corrected chi connectivity index (χ0v) is 19.0. The number of nitrogens with zero attached hydrogens (tertiary/aromatic N) is 4. The molecule has 0 aliphatic heterocycles. The Bertz CT molecular complexity index is 1360. The molecule has 4 rings (SSSR count). The predicted molar refractivity (Wildman–Crippen MR) is 130 cm³/mol. The fourth-order valence-corrected chi connectivity index (χ4v) is 3.87. The predicted octanol–water partition coefficient (Wildman–Crippen LogP) is 4.83. The third-order valence-electron chi connectivity index (χ3n) is 5.48. The number of benzene rings is 3. The molecule has 0 radical (unpaired) electrons. The van der Waals surface area contributed by atoms with Gasteiger partial charge in [-0.3, -0.25) is 9.36 Å². The van der Waals surface area contributed by atoms with Crippen molar-refractivity contribution in [1.82, 2.24) is 9.55 Å². The highest BCUT2D eigenvalue weighted by Gasteiger charge is 2.26. The van der Waals surface area contributed by atoms with Gasteiger partial charge in [0.25, 0.3) is 5.91 Å². The molecule has 0 spiro atoms. The van der Waals surface area contributed by atoms with Crippen LogP contribution in [0.3, 0.4) is 0 Å². The number of aryl methyl sites for hydroxylation is 1. The summed E-state index contributed by atoms with van der Waals surface area (Å²) in [5, 5.41) is 8.98. The van der Waals surface area contributed by atoms with E-state index in [2.05, 4.69) is 11.1 Å². The molecular formula is C27H24N4O3. The van der Waals surface area contributed by atoms with Crippen LogP contribution in [0, 0.1) is 18.3 Å². The Morgan fingerprint density at radius 1 is 1.06 bits per heavy atom. The van der Waals surface area contributed by atoms with E-state index in [1.165, 1.54) is 11.8 Å². The van der Waals surface area contributed by atoms with Crippen LogP contribution in [-0.4, -0.2) is 34.1 Å². The Kier molecular flexibility index (Phi) is 6.69. The SMILES string of the molecule is Cc1nc2cc(C(=O)O[C@@H](C)C(=O)N(CCC#N)c3ccccc3)ccc2n1-c1ccccc1. The highest BCUT2D eigenvalue weighted by Crippen LogP contribution is 2.23. The Hall–Kier alpha value is -4.44. The molecule has 0 fully saturated rings. The number of ether oxygens (including phenoxy) is 1. The van der Waals surface area contributed by atoms with E-state index in [0.29, 0.717) is 16.8 Å². The van der Waals surface area contributed by atoms with Gasteiger partial charge in [0, 0.05) is 17.9 Å². The molecule has 0 aliphatic rings. The molecule has 1 atom stereocenters. The van der Waals surface area contributed by atoms with Crippen molar-refractivity contribution in [2.45, 2.75) is 26.4 Å². The zero-order chi connectivity index (χ0) is 24.1. The van der Waals surface area contributed by atoms with E-state index >= 15 is 0 Å². The second-order valence-electron chi connectivity index (χ2n) is 7.81. The maximum atomic E-state index is 13.1. The number of carbonyl (C=O) groups excluding carboxylic acids is 2. The number of hydrogen-bond acceptors (Lipinski definition) is 5. The summed E-state index contributed by atoms with van der Waals surface area (Å²) in [4.78, 5) is 32.0. The summed E-state index contributed by atoms with van der Waals surface area (Å²) in [5.41, 5.74) is 3.48. The van der Waals surface area contributed by atoms with Gasteiger partial charge in [-0.25, -0.2) is 9.78 Å². The van der Waals surface area contributed by atoms with Crippen molar-refractivity contribution >= 4 is 28.6 Å². The first kappa shape index (κ1) is 22.7. The van der Waals surface area contributed by atoms with Crippen LogP contribution in [-0.2, 0) is 9.53 Å². The topological polar surface area (TPSA) is 88.2 Å². The lowest BCUT2D eigenvalue weighted by Gasteiger charge is -2.25. The van der Waals surface area contributed by atoms with Crippen LogP contribution in [0.1, 0.15) is 29.5 Å². The molecule has 4 aromatic rings. The molecule has 7 nitrogen and oxygen atoms in total. The van der Waals surface area contributed by atoms with Gasteiger partial charge in [0.2, 0.25) is 0 Å². The van der Waals surface area contributed by atoms with Crippen molar-refractivity contribution in [3.63, 3.8) is 0 Å². The van der Waals surface area contributed by atoms with E-state index in [1.54, 1.807) is 24.3 Å². The molecule has 1 amide bonds. The second kappa shape index (κ2) is 10.0. The third kappa shape index (κ3) is 4.66. The monoisotopic (exact) mass is 452 g/mol. The number of hydrogen-bond donors (Lipinski definition) is 0. The van der Waals surface area contributed by atoms with Gasteiger partial charge in [0.1, 0.15) is 5.82 Å². The van der Waals surface area contributed by atoms with Crippen molar-refractivity contribution in [2.75, 3.05) is 11.4 Å². The van der Waals surface area contributed by atoms with Crippen LogP contribution in [0.5, 0.6) is 0 Å². The average Bonchev–Trinajstić information content (AvgIpc) is 3.20. The van der Waals surface area contributed by atoms with Gasteiger partial charge in [-0.2, -0.15) is 5.26 Å². The molecule has 0 N–H and O–H groups in total. The number of carbonyl (C=O) groups is 2. The molecule has 0 saturated carbocycles. The van der Waals surface area contributed by atoms with Gasteiger partial charge in [-0.1, -0.05) is 36.4 Å². The molecular weight excluding hydrogens is 428 g/mol. The molecule has 0 saturated heterocycles. The molecule has 1 aromatic heterocycles. The van der Waals surface area contributed by atoms with Gasteiger partial charge in [-0.15, -0.1) is 0 Å². The van der Waals surface area contributed by atoms with Crippen molar-refractivity contribution in [1.29, 1.82) is 5.26 Å². The summed E-state index contributed by atoms with van der Waals surface area (Å²) in [6.45, 7) is 3.66. The first-order chi connectivity index (χ1) is 16.5. The lowest BCUT2D eigenvalue weighted by molar-refractivity contribution is -0.126. The standard InChI is InChI=1S/C27H24N4O3/c1-19(26(32)30(17-9-16-28)22-10-5-3-6-11-22)34-27(33)21-14-15-25-24(18-21)29-20(2)31(25)23-12-7-4-8-13-23/h3-8,10-15,18-19H,9,17H2,1-2H3/t19-/m0/s1. The number of nitriles is 1. The van der Waals surface area contributed by atoms with Crippen LogP contribution in [0.25, 0.3) is 16.7 Å². The number of imidazole rings is 1. The lowest BCUT2D eigenvalue weighted by atomic mass is 10.2. The minimum absolute atomic E-state index is 0.168. The second-order valence-corrected chi connectivity index (χ2v) is 7.81. The van der Waals surface area contributed by atoms with Crippen molar-refractivity contribution in [2.24, 2.45) is 0 Å². The fraction of sp³-hybridized carbons (Fsp3) is 0.185. The van der Waals surface area contributed by atoms with E-state index in [0.717, 1.165) is 17.0 Å². The molecule has 1 heterocycles. The van der Waals surface area contributed by atoms with E-state index in [1.807, 2.05) is 66.1 Å². The van der Waals surface area contributed by atoms with Crippen LogP contribution >= 0.6 is 0 Å². The molecule has 0 unspecified atom stereocenters. The zero-order valence-electron chi connectivity index (χ0n) is 19.0. The number of para-hydroxylation sites is 2. The van der Waals surface area contributed by atoms with Crippen LogP contribution < -0.4 is 4.90 Å². The molecule has 0 bridgehead atoms. The molecule has 3 aromatic carbocycles. The summed E-state index contributed by atoms with van der Waals surface area (Å²) in [6, 6.07) is 26.1. The van der Waals surface area contributed by atoms with Gasteiger partial charge >= 0.3 is 5.97 Å². The highest BCUT2D eigenvalue weighted by atomic mass is 16.5. The molecule has 170 valence electrons. The van der Waals surface area contributed by atoms with Crippen LogP contribution in [0.4, 0.5) is 5.69 Å². The van der Waals surface area contributed by atoms with Crippen molar-refractivity contribution < 1.29 is 14.3 Å². The number of esters is 1. The smallest absolute Gasteiger partial charge is 0.338 e. The number of anilines is 1. The lowest BCUT2D eigenvalue weighted by Crippen LogP contribution is -2.40. The first-order valence-corrected chi connectivity index (χ1v) is 11.0. The van der Waals surface area contributed by atoms with Gasteiger partial charge in [0.05, 0.1) is 29.1 Å². The molecule has 34 heavy (non-hydrogen) atoms. The number of aromatic nitrogens is 2. The van der Waals surface area contributed by atoms with E-state index < -0.39 is 12.1 Å². The average molecular weight is 453 g/mol. The summed E-state index contributed by atoms with van der Waals surface area (Å²) in [5.74, 6) is -0.200. The minimum Gasteiger partial charge on any atom is -0.449 e. The summed E-state index contributed by atoms with van der Waals surface area (Å²) in [6.07, 6.45) is -0.854. The largest absolute Gasteiger partial charge is 0.449 e. The van der Waals surface area contributed by atoms with E-state index in [4.69, 9.17) is 10.00 Å².